The predicted octanol–water partition coefficient (Wildman–Crippen LogP) is 4.75. The summed E-state index contributed by atoms with van der Waals surface area (Å²) in [4.78, 5) is 22.4. The van der Waals surface area contributed by atoms with E-state index < -0.39 is 0 Å². The van der Waals surface area contributed by atoms with E-state index in [-0.39, 0.29) is 28.6 Å². The van der Waals surface area contributed by atoms with Crippen LogP contribution in [0.2, 0.25) is 0 Å². The van der Waals surface area contributed by atoms with Gasteiger partial charge in [-0.25, -0.2) is 10.1 Å². The smallest absolute Gasteiger partial charge is 0.302 e. The molecule has 6 nitrogen and oxygen atoms in total. The minimum absolute atomic E-state index is 0.0670. The molecule has 0 aromatic carbocycles. The fourth-order valence-electron chi connectivity index (χ4n) is 8.68. The molecule has 0 aromatic heterocycles. The first-order valence-electron chi connectivity index (χ1n) is 11.7. The summed E-state index contributed by atoms with van der Waals surface area (Å²) >= 11 is 0. The fourth-order valence-corrected chi connectivity index (χ4v) is 8.68. The van der Waals surface area contributed by atoms with Gasteiger partial charge in [0.1, 0.15) is 6.10 Å². The lowest BCUT2D eigenvalue weighted by Gasteiger charge is -2.61. The van der Waals surface area contributed by atoms with Crippen LogP contribution >= 0.6 is 0 Å². The van der Waals surface area contributed by atoms with Gasteiger partial charge in [-0.1, -0.05) is 13.8 Å². The predicted molar refractivity (Wildman–Crippen MR) is 110 cm³/mol. The Morgan fingerprint density at radius 3 is 2.45 bits per heavy atom. The third-order valence-electron chi connectivity index (χ3n) is 9.94. The van der Waals surface area contributed by atoms with Gasteiger partial charge in [-0.15, -0.1) is 5.43 Å². The summed E-state index contributed by atoms with van der Waals surface area (Å²) in [5.74, 6) is 3.13. The Hall–Kier alpha value is -1.33. The summed E-state index contributed by atoms with van der Waals surface area (Å²) in [5.41, 5.74) is 3.16. The molecule has 0 amide bonds. The van der Waals surface area contributed by atoms with Crippen molar-refractivity contribution < 1.29 is 14.6 Å². The molecule has 1 unspecified atom stereocenters. The van der Waals surface area contributed by atoms with Crippen LogP contribution < -0.4 is 5.43 Å². The van der Waals surface area contributed by atoms with Crippen molar-refractivity contribution in [2.24, 2.45) is 40.4 Å². The summed E-state index contributed by atoms with van der Waals surface area (Å²) in [5, 5.41) is 10.7. The number of esters is 1. The third kappa shape index (κ3) is 3.44. The van der Waals surface area contributed by atoms with Crippen LogP contribution in [0, 0.1) is 50.5 Å². The summed E-state index contributed by atoms with van der Waals surface area (Å²) in [6.07, 6.45) is 10.6. The second-order valence-corrected chi connectivity index (χ2v) is 11.1. The highest BCUT2D eigenvalue weighted by Crippen LogP contribution is 2.67. The Morgan fingerprint density at radius 2 is 1.76 bits per heavy atom. The molecule has 0 bridgehead atoms. The van der Waals surface area contributed by atoms with Gasteiger partial charge < -0.3 is 4.74 Å². The maximum Gasteiger partial charge on any atom is 0.302 e. The SMILES string of the molecule is CC(=O)O[C@H]1CC[C@@]2(C)C(CC[C@H]3[C@@H]4CC[C@H]([C@@H](C)N[N+](=O)[O-])[C@@]4(C)CC[C@@H]32)C1. The Bertz CT molecular complexity index is 669. The number of hydrogen-bond donors (Lipinski definition) is 1. The molecular weight excluding hydrogens is 368 g/mol. The molecule has 29 heavy (non-hydrogen) atoms. The second kappa shape index (κ2) is 7.42. The number of ether oxygens (including phenoxy) is 1. The topological polar surface area (TPSA) is 81.5 Å². The van der Waals surface area contributed by atoms with Crippen molar-refractivity contribution in [1.82, 2.24) is 5.43 Å². The lowest BCUT2D eigenvalue weighted by molar-refractivity contribution is -0.552. The number of nitro groups is 1. The van der Waals surface area contributed by atoms with Crippen molar-refractivity contribution in [2.75, 3.05) is 0 Å². The van der Waals surface area contributed by atoms with Gasteiger partial charge in [0.25, 0.3) is 0 Å². The monoisotopic (exact) mass is 406 g/mol. The van der Waals surface area contributed by atoms with E-state index in [9.17, 15) is 14.9 Å². The number of rotatable bonds is 4. The number of nitrogens with zero attached hydrogens (tertiary/aromatic N) is 1. The summed E-state index contributed by atoms with van der Waals surface area (Å²) in [6, 6.07) is -0.0670. The van der Waals surface area contributed by atoms with Crippen LogP contribution in [0.5, 0.6) is 0 Å². The Balaban J connectivity index is 1.50. The van der Waals surface area contributed by atoms with E-state index in [1.165, 1.54) is 45.4 Å². The van der Waals surface area contributed by atoms with Crippen molar-refractivity contribution >= 4 is 5.97 Å². The molecule has 0 heterocycles. The first-order valence-corrected chi connectivity index (χ1v) is 11.7. The average Bonchev–Trinajstić information content (AvgIpc) is 2.98. The molecule has 4 aliphatic carbocycles. The zero-order chi connectivity index (χ0) is 21.0. The zero-order valence-corrected chi connectivity index (χ0v) is 18.5. The van der Waals surface area contributed by atoms with Crippen molar-refractivity contribution in [3.63, 3.8) is 0 Å². The quantitative estimate of drug-likeness (QED) is 0.414. The lowest BCUT2D eigenvalue weighted by Crippen LogP contribution is -2.55. The molecule has 0 radical (unpaired) electrons. The van der Waals surface area contributed by atoms with Crippen LogP contribution in [0.15, 0.2) is 0 Å². The number of hydrogen-bond acceptors (Lipinski definition) is 4. The highest BCUT2D eigenvalue weighted by Gasteiger charge is 2.61. The van der Waals surface area contributed by atoms with Crippen molar-refractivity contribution in [3.05, 3.63) is 10.1 Å². The van der Waals surface area contributed by atoms with Gasteiger partial charge in [0.2, 0.25) is 0 Å². The molecular formula is C23H38N2O4. The zero-order valence-electron chi connectivity index (χ0n) is 18.5. The van der Waals surface area contributed by atoms with E-state index in [0.717, 1.165) is 31.1 Å². The molecule has 4 rings (SSSR count). The lowest BCUT2D eigenvalue weighted by atomic mass is 9.44. The van der Waals surface area contributed by atoms with Crippen LogP contribution in [0.4, 0.5) is 0 Å². The molecule has 0 saturated heterocycles. The molecule has 6 heteroatoms. The summed E-state index contributed by atoms with van der Waals surface area (Å²) in [6.45, 7) is 8.47. The van der Waals surface area contributed by atoms with Gasteiger partial charge >= 0.3 is 5.97 Å². The maximum atomic E-state index is 11.4. The standard InChI is InChI=1S/C23H38N2O4/c1-14(24-25(27)28)19-7-8-20-18-6-5-16-13-17(29-15(2)26)9-11-22(16,3)21(18)10-12-23(19,20)4/h14,16-21,24H,5-13H2,1-4H3/t14-,16?,17+,18+,19-,20+,21+,22+,23-/m1/s1. The van der Waals surface area contributed by atoms with Crippen LogP contribution in [-0.4, -0.2) is 23.1 Å². The maximum absolute atomic E-state index is 11.4. The number of fused-ring (bicyclic) bond motifs is 5. The largest absolute Gasteiger partial charge is 0.463 e. The molecule has 4 fully saturated rings. The van der Waals surface area contributed by atoms with E-state index in [1.807, 2.05) is 6.92 Å². The molecule has 4 saturated carbocycles. The first-order chi connectivity index (χ1) is 13.6. The van der Waals surface area contributed by atoms with Gasteiger partial charge in [0.15, 0.2) is 5.03 Å². The second-order valence-electron chi connectivity index (χ2n) is 11.1. The number of carbonyl (C=O) groups is 1. The first kappa shape index (κ1) is 20.9. The van der Waals surface area contributed by atoms with Crippen molar-refractivity contribution in [3.8, 4) is 0 Å². The molecule has 9 atom stereocenters. The molecule has 164 valence electrons. The highest BCUT2D eigenvalue weighted by molar-refractivity contribution is 5.66. The van der Waals surface area contributed by atoms with Gasteiger partial charge in [-0.05, 0) is 105 Å². The molecule has 4 aliphatic rings. The molecule has 1 N–H and O–H groups in total. The van der Waals surface area contributed by atoms with Gasteiger partial charge in [-0.3, -0.25) is 4.79 Å². The Labute approximate surface area is 174 Å². The number of hydrazine groups is 1. The average molecular weight is 407 g/mol. The Kier molecular flexibility index (Phi) is 5.35. The summed E-state index contributed by atoms with van der Waals surface area (Å²) in [7, 11) is 0. The van der Waals surface area contributed by atoms with Crippen LogP contribution in [0.25, 0.3) is 0 Å². The fraction of sp³-hybridized carbons (Fsp3) is 0.957. The van der Waals surface area contributed by atoms with E-state index >= 15 is 0 Å². The normalized spacial score (nSPS) is 47.3. The molecule has 0 aromatic rings. The number of carbonyl (C=O) groups excluding carboxylic acids is 1. The van der Waals surface area contributed by atoms with Crippen LogP contribution in [0.3, 0.4) is 0 Å². The van der Waals surface area contributed by atoms with E-state index in [2.05, 4.69) is 19.3 Å². The molecule has 0 spiro atoms. The third-order valence-corrected chi connectivity index (χ3v) is 9.94. The van der Waals surface area contributed by atoms with E-state index in [4.69, 9.17) is 4.74 Å². The summed E-state index contributed by atoms with van der Waals surface area (Å²) < 4.78 is 5.58. The van der Waals surface area contributed by atoms with Gasteiger partial charge in [0.05, 0.1) is 6.04 Å². The molecule has 0 aliphatic heterocycles. The minimum atomic E-state index is -0.360. The van der Waals surface area contributed by atoms with Gasteiger partial charge in [0, 0.05) is 6.92 Å². The van der Waals surface area contributed by atoms with Crippen LogP contribution in [-0.2, 0) is 9.53 Å². The van der Waals surface area contributed by atoms with E-state index in [1.54, 1.807) is 0 Å². The minimum Gasteiger partial charge on any atom is -0.463 e. The highest BCUT2D eigenvalue weighted by atomic mass is 16.7. The van der Waals surface area contributed by atoms with Crippen LogP contribution in [0.1, 0.15) is 85.5 Å². The van der Waals surface area contributed by atoms with E-state index in [0.29, 0.717) is 23.2 Å². The number of nitrogens with one attached hydrogen (secondary N) is 1. The van der Waals surface area contributed by atoms with Crippen molar-refractivity contribution in [2.45, 2.75) is 97.6 Å². The van der Waals surface area contributed by atoms with Gasteiger partial charge in [-0.2, -0.15) is 0 Å². The van der Waals surface area contributed by atoms with Crippen molar-refractivity contribution in [1.29, 1.82) is 0 Å². The Morgan fingerprint density at radius 1 is 1.07 bits per heavy atom.